The van der Waals surface area contributed by atoms with Crippen LogP contribution < -0.4 is 10.5 Å². The molecule has 3 rings (SSSR count). The van der Waals surface area contributed by atoms with Crippen molar-refractivity contribution in [3.8, 4) is 5.75 Å². The third-order valence-corrected chi connectivity index (χ3v) is 3.99. The highest BCUT2D eigenvalue weighted by atomic mass is 19.1. The standard InChI is InChI=1S/C15H21FN2O/c1-10-4-13(17)8-18(7-10)9-14-6-11-5-12(16)2-3-15(11)19-14/h2-3,5,10,13-14H,4,6-9,17H2,1H3. The molecule has 0 saturated carbocycles. The Morgan fingerprint density at radius 2 is 2.26 bits per heavy atom. The Hall–Kier alpha value is -1.13. The number of benzene rings is 1. The highest BCUT2D eigenvalue weighted by Gasteiger charge is 2.28. The van der Waals surface area contributed by atoms with Crippen molar-refractivity contribution in [2.24, 2.45) is 11.7 Å². The van der Waals surface area contributed by atoms with Gasteiger partial charge in [-0.15, -0.1) is 0 Å². The first-order valence-electron chi connectivity index (χ1n) is 7.03. The number of fused-ring (bicyclic) bond motifs is 1. The first-order chi connectivity index (χ1) is 9.10. The number of hydrogen-bond acceptors (Lipinski definition) is 3. The normalized spacial score (nSPS) is 31.0. The van der Waals surface area contributed by atoms with Crippen molar-refractivity contribution in [2.45, 2.75) is 31.9 Å². The maximum absolute atomic E-state index is 13.2. The monoisotopic (exact) mass is 264 g/mol. The quantitative estimate of drug-likeness (QED) is 0.885. The molecule has 104 valence electrons. The molecular formula is C15H21FN2O. The van der Waals surface area contributed by atoms with Crippen molar-refractivity contribution < 1.29 is 9.13 Å². The van der Waals surface area contributed by atoms with Gasteiger partial charge in [-0.25, -0.2) is 4.39 Å². The van der Waals surface area contributed by atoms with E-state index in [0.717, 1.165) is 43.8 Å². The molecule has 2 heterocycles. The average Bonchev–Trinajstić information content (AvgIpc) is 2.68. The van der Waals surface area contributed by atoms with Crippen LogP contribution in [0.15, 0.2) is 18.2 Å². The minimum atomic E-state index is -0.184. The molecular weight excluding hydrogens is 243 g/mol. The van der Waals surface area contributed by atoms with Gasteiger partial charge in [0.2, 0.25) is 0 Å². The number of nitrogens with two attached hydrogens (primary N) is 1. The van der Waals surface area contributed by atoms with Crippen molar-refractivity contribution in [3.63, 3.8) is 0 Å². The van der Waals surface area contributed by atoms with Gasteiger partial charge in [0.25, 0.3) is 0 Å². The second kappa shape index (κ2) is 5.10. The van der Waals surface area contributed by atoms with Crippen LogP contribution in [0.3, 0.4) is 0 Å². The lowest BCUT2D eigenvalue weighted by atomic mass is 9.96. The van der Waals surface area contributed by atoms with E-state index in [-0.39, 0.29) is 18.0 Å². The molecule has 1 saturated heterocycles. The maximum Gasteiger partial charge on any atom is 0.123 e. The van der Waals surface area contributed by atoms with E-state index in [4.69, 9.17) is 10.5 Å². The topological polar surface area (TPSA) is 38.5 Å². The van der Waals surface area contributed by atoms with Crippen LogP contribution in [-0.4, -0.2) is 36.7 Å². The zero-order valence-electron chi connectivity index (χ0n) is 11.3. The number of nitrogens with zero attached hydrogens (tertiary/aromatic N) is 1. The molecule has 0 aromatic heterocycles. The number of likely N-dealkylation sites (tertiary alicyclic amines) is 1. The summed E-state index contributed by atoms with van der Waals surface area (Å²) in [5.74, 6) is 1.29. The van der Waals surface area contributed by atoms with Gasteiger partial charge in [-0.2, -0.15) is 0 Å². The molecule has 4 heteroatoms. The second-order valence-electron chi connectivity index (χ2n) is 6.02. The highest BCUT2D eigenvalue weighted by molar-refractivity contribution is 5.37. The SMILES string of the molecule is CC1CC(N)CN(CC2Cc3cc(F)ccc3O2)C1. The summed E-state index contributed by atoms with van der Waals surface area (Å²) in [5, 5.41) is 0. The number of rotatable bonds is 2. The summed E-state index contributed by atoms with van der Waals surface area (Å²) in [6.45, 7) is 5.15. The lowest BCUT2D eigenvalue weighted by Crippen LogP contribution is -2.49. The van der Waals surface area contributed by atoms with Crippen LogP contribution in [0.5, 0.6) is 5.75 Å². The zero-order valence-corrected chi connectivity index (χ0v) is 11.3. The van der Waals surface area contributed by atoms with Crippen molar-refractivity contribution in [3.05, 3.63) is 29.6 Å². The summed E-state index contributed by atoms with van der Waals surface area (Å²) in [6, 6.07) is 5.04. The Balaban J connectivity index is 1.61. The first-order valence-corrected chi connectivity index (χ1v) is 7.03. The minimum absolute atomic E-state index is 0.134. The molecule has 3 nitrogen and oxygen atoms in total. The summed E-state index contributed by atoms with van der Waals surface area (Å²) in [6.07, 6.45) is 2.04. The molecule has 0 bridgehead atoms. The Kier molecular flexibility index (Phi) is 3.46. The molecule has 1 aromatic carbocycles. The van der Waals surface area contributed by atoms with Gasteiger partial charge in [-0.3, -0.25) is 4.90 Å². The predicted molar refractivity (Wildman–Crippen MR) is 72.7 cm³/mol. The molecule has 19 heavy (non-hydrogen) atoms. The summed E-state index contributed by atoms with van der Waals surface area (Å²) >= 11 is 0. The van der Waals surface area contributed by atoms with Gasteiger partial charge in [0.05, 0.1) is 0 Å². The number of halogens is 1. The maximum atomic E-state index is 13.2. The van der Waals surface area contributed by atoms with Crippen molar-refractivity contribution in [1.29, 1.82) is 0 Å². The molecule has 3 unspecified atom stereocenters. The van der Waals surface area contributed by atoms with Crippen LogP contribution in [0.25, 0.3) is 0 Å². The lowest BCUT2D eigenvalue weighted by molar-refractivity contribution is 0.106. The van der Waals surface area contributed by atoms with Gasteiger partial charge in [0, 0.05) is 37.7 Å². The smallest absolute Gasteiger partial charge is 0.123 e. The van der Waals surface area contributed by atoms with Gasteiger partial charge in [-0.05, 0) is 30.5 Å². The van der Waals surface area contributed by atoms with Crippen LogP contribution in [0.1, 0.15) is 18.9 Å². The fourth-order valence-corrected chi connectivity index (χ4v) is 3.34. The summed E-state index contributed by atoms with van der Waals surface area (Å²) in [4.78, 5) is 2.38. The van der Waals surface area contributed by atoms with Crippen LogP contribution >= 0.6 is 0 Å². The third-order valence-electron chi connectivity index (χ3n) is 3.99. The van der Waals surface area contributed by atoms with Gasteiger partial charge in [-0.1, -0.05) is 6.92 Å². The molecule has 0 amide bonds. The summed E-state index contributed by atoms with van der Waals surface area (Å²) in [5.41, 5.74) is 7.05. The second-order valence-corrected chi connectivity index (χ2v) is 6.02. The summed E-state index contributed by atoms with van der Waals surface area (Å²) < 4.78 is 19.1. The fourth-order valence-electron chi connectivity index (χ4n) is 3.34. The van der Waals surface area contributed by atoms with Gasteiger partial charge in [0.1, 0.15) is 17.7 Å². The summed E-state index contributed by atoms with van der Waals surface area (Å²) in [7, 11) is 0. The van der Waals surface area contributed by atoms with Crippen LogP contribution in [-0.2, 0) is 6.42 Å². The Bertz CT molecular complexity index is 455. The number of piperidine rings is 1. The van der Waals surface area contributed by atoms with E-state index in [9.17, 15) is 4.39 Å². The van der Waals surface area contributed by atoms with E-state index in [0.29, 0.717) is 5.92 Å². The largest absolute Gasteiger partial charge is 0.488 e. The Morgan fingerprint density at radius 3 is 3.05 bits per heavy atom. The molecule has 2 aliphatic heterocycles. The molecule has 0 aliphatic carbocycles. The van der Waals surface area contributed by atoms with E-state index >= 15 is 0 Å². The molecule has 3 atom stereocenters. The van der Waals surface area contributed by atoms with E-state index in [1.54, 1.807) is 12.1 Å². The van der Waals surface area contributed by atoms with Crippen molar-refractivity contribution in [1.82, 2.24) is 4.90 Å². The van der Waals surface area contributed by atoms with Crippen LogP contribution in [0, 0.1) is 11.7 Å². The van der Waals surface area contributed by atoms with Crippen LogP contribution in [0.2, 0.25) is 0 Å². The molecule has 0 radical (unpaired) electrons. The molecule has 2 N–H and O–H groups in total. The number of hydrogen-bond donors (Lipinski definition) is 1. The molecule has 2 aliphatic rings. The number of ether oxygens (including phenoxy) is 1. The Labute approximate surface area is 113 Å². The van der Waals surface area contributed by atoms with Gasteiger partial charge < -0.3 is 10.5 Å². The zero-order chi connectivity index (χ0) is 13.4. The van der Waals surface area contributed by atoms with E-state index in [2.05, 4.69) is 11.8 Å². The van der Waals surface area contributed by atoms with Gasteiger partial charge >= 0.3 is 0 Å². The minimum Gasteiger partial charge on any atom is -0.488 e. The average molecular weight is 264 g/mol. The Morgan fingerprint density at radius 1 is 1.42 bits per heavy atom. The third kappa shape index (κ3) is 2.90. The molecule has 1 fully saturated rings. The van der Waals surface area contributed by atoms with E-state index in [1.165, 1.54) is 6.07 Å². The first kappa shape index (κ1) is 12.9. The van der Waals surface area contributed by atoms with E-state index < -0.39 is 0 Å². The van der Waals surface area contributed by atoms with Crippen molar-refractivity contribution >= 4 is 0 Å². The highest BCUT2D eigenvalue weighted by Crippen LogP contribution is 2.30. The lowest BCUT2D eigenvalue weighted by Gasteiger charge is -2.35. The van der Waals surface area contributed by atoms with E-state index in [1.807, 2.05) is 0 Å². The molecule has 0 spiro atoms. The predicted octanol–water partition coefficient (Wildman–Crippen LogP) is 1.80. The van der Waals surface area contributed by atoms with Crippen LogP contribution in [0.4, 0.5) is 4.39 Å². The van der Waals surface area contributed by atoms with Gasteiger partial charge in [0.15, 0.2) is 0 Å². The van der Waals surface area contributed by atoms with Crippen molar-refractivity contribution in [2.75, 3.05) is 19.6 Å². The fraction of sp³-hybridized carbons (Fsp3) is 0.600. The molecule has 1 aromatic rings.